The van der Waals surface area contributed by atoms with Gasteiger partial charge in [0.1, 0.15) is 0 Å². The molecule has 0 amide bonds. The molecule has 0 spiro atoms. The zero-order valence-electron chi connectivity index (χ0n) is 36.3. The first-order chi connectivity index (χ1) is 27.6. The Morgan fingerprint density at radius 3 is 1.34 bits per heavy atom. The number of piperidine rings is 1. The first-order valence-corrected chi connectivity index (χ1v) is 23.4. The highest BCUT2D eigenvalue weighted by molar-refractivity contribution is 5.99. The van der Waals surface area contributed by atoms with Gasteiger partial charge in [-0.15, -0.1) is 0 Å². The maximum absolute atomic E-state index is 13.0. The van der Waals surface area contributed by atoms with Crippen molar-refractivity contribution in [1.82, 2.24) is 4.90 Å². The number of allylic oxidation sites excluding steroid dienone is 8. The quantitative estimate of drug-likeness (QED) is 0.0203. The Hall–Kier alpha value is -2.67. The van der Waals surface area contributed by atoms with Gasteiger partial charge in [0, 0.05) is 6.42 Å². The van der Waals surface area contributed by atoms with Crippen LogP contribution in [0.4, 0.5) is 0 Å². The second kappa shape index (κ2) is 40.5. The van der Waals surface area contributed by atoms with E-state index in [1.165, 1.54) is 96.3 Å². The van der Waals surface area contributed by atoms with E-state index in [-0.39, 0.29) is 19.6 Å². The third kappa shape index (κ3) is 33.5. The minimum Gasteiger partial charge on any atom is -0.462 e. The van der Waals surface area contributed by atoms with Crippen LogP contribution in [0.25, 0.3) is 0 Å². The van der Waals surface area contributed by atoms with Crippen molar-refractivity contribution in [1.29, 1.82) is 0 Å². The van der Waals surface area contributed by atoms with E-state index in [1.807, 2.05) is 0 Å². The van der Waals surface area contributed by atoms with Crippen molar-refractivity contribution in [3.8, 4) is 0 Å². The molecule has 0 bridgehead atoms. The van der Waals surface area contributed by atoms with Crippen molar-refractivity contribution in [2.75, 3.05) is 32.8 Å². The van der Waals surface area contributed by atoms with Gasteiger partial charge in [-0.3, -0.25) is 4.79 Å². The summed E-state index contributed by atoms with van der Waals surface area (Å²) in [6.07, 6.45) is 49.0. The topological polar surface area (TPSA) is 82.1 Å². The van der Waals surface area contributed by atoms with Gasteiger partial charge in [0.05, 0.1) is 13.2 Å². The second-order valence-electron chi connectivity index (χ2n) is 15.7. The lowest BCUT2D eigenvalue weighted by Gasteiger charge is -2.26. The van der Waals surface area contributed by atoms with Crippen LogP contribution < -0.4 is 0 Å². The molecule has 1 heterocycles. The molecule has 0 saturated carbocycles. The Labute approximate surface area is 344 Å². The molecule has 0 unspecified atom stereocenters. The number of carbonyl (C=O) groups excluding carboxylic acids is 3. The van der Waals surface area contributed by atoms with E-state index < -0.39 is 24.0 Å². The standard InChI is InChI=1S/C49H85NO6/c1-3-5-7-9-11-13-15-17-19-21-23-25-27-29-31-38-44-54-48(52)47(56-46(51)40-34-37-43-50-41-35-33-36-42-50)49(53)55-45-39-32-30-28-26-24-22-20-18-16-14-12-10-8-6-4-2/h11-14,17-20,47H,3-10,15-16,21-45H2,1-2H3/b13-11-,14-12-,19-17-,20-18-. The number of carbonyl (C=O) groups is 3. The fourth-order valence-corrected chi connectivity index (χ4v) is 6.85. The Balaban J connectivity index is 2.29. The van der Waals surface area contributed by atoms with Gasteiger partial charge in [-0.25, -0.2) is 9.59 Å². The van der Waals surface area contributed by atoms with Crippen molar-refractivity contribution in [2.24, 2.45) is 0 Å². The SMILES string of the molecule is CCCCC/C=C\C/C=C\CCCCCCCCOC(=O)C(OC(=O)CCCCN1CCCCC1)C(=O)OCCCCCCCC/C=C\C/C=C\CCCCC. The van der Waals surface area contributed by atoms with Gasteiger partial charge in [-0.2, -0.15) is 0 Å². The first-order valence-electron chi connectivity index (χ1n) is 23.4. The van der Waals surface area contributed by atoms with Gasteiger partial charge >= 0.3 is 17.9 Å². The lowest BCUT2D eigenvalue weighted by atomic mass is 10.1. The zero-order valence-corrected chi connectivity index (χ0v) is 36.3. The van der Waals surface area contributed by atoms with Crippen molar-refractivity contribution in [3.05, 3.63) is 48.6 Å². The fraction of sp³-hybridized carbons (Fsp3) is 0.776. The summed E-state index contributed by atoms with van der Waals surface area (Å²) in [5.74, 6) is -2.20. The molecule has 322 valence electrons. The summed E-state index contributed by atoms with van der Waals surface area (Å²) in [4.78, 5) is 41.1. The summed E-state index contributed by atoms with van der Waals surface area (Å²) in [5.41, 5.74) is 0. The van der Waals surface area contributed by atoms with Crippen LogP contribution in [0, 0.1) is 0 Å². The number of unbranched alkanes of at least 4 members (excludes halogenated alkanes) is 19. The number of likely N-dealkylation sites (tertiary alicyclic amines) is 1. The highest BCUT2D eigenvalue weighted by Gasteiger charge is 2.34. The number of rotatable bonds is 38. The summed E-state index contributed by atoms with van der Waals surface area (Å²) >= 11 is 0. The van der Waals surface area contributed by atoms with Crippen LogP contribution in [-0.4, -0.2) is 61.8 Å². The lowest BCUT2D eigenvalue weighted by Crippen LogP contribution is -2.38. The number of hydrogen-bond acceptors (Lipinski definition) is 7. The molecular formula is C49H85NO6. The highest BCUT2D eigenvalue weighted by Crippen LogP contribution is 2.13. The van der Waals surface area contributed by atoms with E-state index in [1.54, 1.807) is 0 Å². The van der Waals surface area contributed by atoms with Gasteiger partial charge in [0.25, 0.3) is 6.10 Å². The minimum atomic E-state index is -1.65. The molecule has 0 N–H and O–H groups in total. The normalized spacial score (nSPS) is 13.9. The van der Waals surface area contributed by atoms with E-state index in [2.05, 4.69) is 67.4 Å². The average molecular weight is 784 g/mol. The molecule has 0 radical (unpaired) electrons. The van der Waals surface area contributed by atoms with E-state index in [0.29, 0.717) is 6.42 Å². The molecule has 1 aliphatic heterocycles. The van der Waals surface area contributed by atoms with Crippen LogP contribution in [0.2, 0.25) is 0 Å². The molecule has 1 saturated heterocycles. The monoisotopic (exact) mass is 784 g/mol. The van der Waals surface area contributed by atoms with Crippen LogP contribution in [0.1, 0.15) is 206 Å². The number of nitrogens with zero attached hydrogens (tertiary/aromatic N) is 1. The summed E-state index contributed by atoms with van der Waals surface area (Å²) < 4.78 is 16.3. The third-order valence-corrected chi connectivity index (χ3v) is 10.4. The second-order valence-corrected chi connectivity index (χ2v) is 15.7. The molecule has 1 rings (SSSR count). The molecule has 7 nitrogen and oxygen atoms in total. The van der Waals surface area contributed by atoms with Gasteiger partial charge in [0.2, 0.25) is 0 Å². The fourth-order valence-electron chi connectivity index (χ4n) is 6.85. The average Bonchev–Trinajstić information content (AvgIpc) is 3.21. The molecule has 56 heavy (non-hydrogen) atoms. The number of esters is 3. The third-order valence-electron chi connectivity index (χ3n) is 10.4. The summed E-state index contributed by atoms with van der Waals surface area (Å²) in [7, 11) is 0. The van der Waals surface area contributed by atoms with E-state index in [4.69, 9.17) is 14.2 Å². The molecule has 0 aromatic heterocycles. The van der Waals surface area contributed by atoms with Crippen molar-refractivity contribution in [3.63, 3.8) is 0 Å². The van der Waals surface area contributed by atoms with Gasteiger partial charge in [-0.05, 0) is 122 Å². The van der Waals surface area contributed by atoms with Crippen molar-refractivity contribution < 1.29 is 28.6 Å². The minimum absolute atomic E-state index is 0.169. The maximum Gasteiger partial charge on any atom is 0.359 e. The molecular weight excluding hydrogens is 699 g/mol. The Bertz CT molecular complexity index is 981. The molecule has 0 atom stereocenters. The van der Waals surface area contributed by atoms with Crippen molar-refractivity contribution in [2.45, 2.75) is 213 Å². The van der Waals surface area contributed by atoms with Crippen LogP contribution in [-0.2, 0) is 28.6 Å². The van der Waals surface area contributed by atoms with Crippen LogP contribution in [0.15, 0.2) is 48.6 Å². The zero-order chi connectivity index (χ0) is 40.4. The number of ether oxygens (including phenoxy) is 3. The molecule has 7 heteroatoms. The van der Waals surface area contributed by atoms with Crippen LogP contribution >= 0.6 is 0 Å². The molecule has 1 aliphatic rings. The Kier molecular flexibility index (Phi) is 37.2. The van der Waals surface area contributed by atoms with Crippen LogP contribution in [0.5, 0.6) is 0 Å². The lowest BCUT2D eigenvalue weighted by molar-refractivity contribution is -0.180. The number of hydrogen-bond donors (Lipinski definition) is 0. The summed E-state index contributed by atoms with van der Waals surface area (Å²) in [6, 6.07) is 0. The van der Waals surface area contributed by atoms with Gasteiger partial charge in [0.15, 0.2) is 0 Å². The van der Waals surface area contributed by atoms with E-state index in [0.717, 1.165) is 103 Å². The van der Waals surface area contributed by atoms with Crippen LogP contribution in [0.3, 0.4) is 0 Å². The molecule has 0 aliphatic carbocycles. The molecule has 1 fully saturated rings. The predicted octanol–water partition coefficient (Wildman–Crippen LogP) is 13.3. The van der Waals surface area contributed by atoms with E-state index in [9.17, 15) is 14.4 Å². The smallest absolute Gasteiger partial charge is 0.359 e. The van der Waals surface area contributed by atoms with Gasteiger partial charge in [-0.1, -0.05) is 146 Å². The maximum atomic E-state index is 13.0. The summed E-state index contributed by atoms with van der Waals surface area (Å²) in [5, 5.41) is 0. The van der Waals surface area contributed by atoms with Gasteiger partial charge < -0.3 is 19.1 Å². The Morgan fingerprint density at radius 1 is 0.482 bits per heavy atom. The van der Waals surface area contributed by atoms with Crippen molar-refractivity contribution >= 4 is 17.9 Å². The predicted molar refractivity (Wildman–Crippen MR) is 235 cm³/mol. The highest BCUT2D eigenvalue weighted by atomic mass is 16.6. The molecule has 0 aromatic carbocycles. The van der Waals surface area contributed by atoms with E-state index >= 15 is 0 Å². The largest absolute Gasteiger partial charge is 0.462 e. The first kappa shape index (κ1) is 51.3. The summed E-state index contributed by atoms with van der Waals surface area (Å²) in [6.45, 7) is 8.09. The Morgan fingerprint density at radius 2 is 0.893 bits per heavy atom. The molecule has 0 aromatic rings.